The largest absolute Gasteiger partial charge is 0.355 e. The van der Waals surface area contributed by atoms with Crippen LogP contribution in [0.25, 0.3) is 16.5 Å². The molecule has 0 saturated carbocycles. The van der Waals surface area contributed by atoms with Crippen molar-refractivity contribution in [3.8, 4) is 0 Å². The number of nitrogens with one attached hydrogen (secondary N) is 1. The molecule has 2 nitrogen and oxygen atoms in total. The van der Waals surface area contributed by atoms with Crippen LogP contribution in [0, 0.1) is 5.92 Å². The normalized spacial score (nSPS) is 23.3. The molecule has 0 bridgehead atoms. The monoisotopic (exact) mass is 342 g/mol. The number of nitrogens with zero attached hydrogens (tertiary/aromatic N) is 1. The van der Waals surface area contributed by atoms with Crippen molar-refractivity contribution in [2.45, 2.75) is 32.6 Å². The van der Waals surface area contributed by atoms with Crippen molar-refractivity contribution in [3.63, 3.8) is 0 Å². The first-order valence-electron chi connectivity index (χ1n) is 7.56. The van der Waals surface area contributed by atoms with Crippen LogP contribution in [0.1, 0.15) is 38.4 Å². The number of allylic oxidation sites excluding steroid dienone is 2. The fourth-order valence-corrected chi connectivity index (χ4v) is 4.29. The average molecular weight is 343 g/mol. The van der Waals surface area contributed by atoms with Gasteiger partial charge in [0.1, 0.15) is 0 Å². The first-order valence-corrected chi connectivity index (χ1v) is 8.36. The molecule has 1 N–H and O–H groups in total. The molecule has 2 aliphatic rings. The molecule has 1 aliphatic heterocycles. The Labute approximate surface area is 133 Å². The van der Waals surface area contributed by atoms with Crippen LogP contribution in [0.3, 0.4) is 0 Å². The summed E-state index contributed by atoms with van der Waals surface area (Å²) < 4.78 is 1.14. The molecule has 1 aliphatic carbocycles. The highest BCUT2D eigenvalue weighted by Gasteiger charge is 2.41. The smallest absolute Gasteiger partial charge is 0.0471 e. The molecule has 108 valence electrons. The molecule has 2 aromatic rings. The van der Waals surface area contributed by atoms with Crippen molar-refractivity contribution in [2.24, 2.45) is 10.9 Å². The standard InChI is InChI=1S/C18H19BrN2/c1-10-6-7-20-9-13-15(10)17-16(18(13,2)3)12-8-11(19)4-5-14(12)21-17/h4-5,8-10,21H,6-7H2,1-3H3. The Kier molecular flexibility index (Phi) is 2.74. The van der Waals surface area contributed by atoms with E-state index in [9.17, 15) is 0 Å². The number of aromatic nitrogens is 1. The van der Waals surface area contributed by atoms with E-state index in [-0.39, 0.29) is 5.41 Å². The van der Waals surface area contributed by atoms with Crippen LogP contribution in [0.15, 0.2) is 33.2 Å². The third-order valence-corrected chi connectivity index (χ3v) is 5.52. The Balaban J connectivity index is 2.08. The van der Waals surface area contributed by atoms with E-state index >= 15 is 0 Å². The van der Waals surface area contributed by atoms with E-state index in [2.05, 4.69) is 71.1 Å². The van der Waals surface area contributed by atoms with Crippen LogP contribution in [0.2, 0.25) is 0 Å². The van der Waals surface area contributed by atoms with Gasteiger partial charge in [0.15, 0.2) is 0 Å². The maximum atomic E-state index is 4.61. The summed E-state index contributed by atoms with van der Waals surface area (Å²) in [5.74, 6) is 0.555. The summed E-state index contributed by atoms with van der Waals surface area (Å²) in [7, 11) is 0. The molecule has 2 heterocycles. The fraction of sp³-hybridized carbons (Fsp3) is 0.389. The molecule has 0 saturated heterocycles. The van der Waals surface area contributed by atoms with Crippen molar-refractivity contribution in [3.05, 3.63) is 39.5 Å². The predicted molar refractivity (Wildman–Crippen MR) is 93.1 cm³/mol. The Morgan fingerprint density at radius 1 is 1.33 bits per heavy atom. The number of H-pyrrole nitrogens is 1. The summed E-state index contributed by atoms with van der Waals surface area (Å²) in [6.45, 7) is 7.92. The molecule has 3 heteroatoms. The van der Waals surface area contributed by atoms with Gasteiger partial charge in [-0.3, -0.25) is 4.99 Å². The maximum absolute atomic E-state index is 4.61. The van der Waals surface area contributed by atoms with Gasteiger partial charge < -0.3 is 4.98 Å². The number of aromatic amines is 1. The van der Waals surface area contributed by atoms with E-state index in [4.69, 9.17) is 0 Å². The fourth-order valence-electron chi connectivity index (χ4n) is 3.93. The second-order valence-corrected chi connectivity index (χ2v) is 7.66. The molecule has 0 radical (unpaired) electrons. The number of benzene rings is 1. The lowest BCUT2D eigenvalue weighted by atomic mass is 9.80. The van der Waals surface area contributed by atoms with E-state index in [1.165, 1.54) is 33.3 Å². The van der Waals surface area contributed by atoms with E-state index in [0.29, 0.717) is 5.92 Å². The summed E-state index contributed by atoms with van der Waals surface area (Å²) in [6, 6.07) is 6.51. The second-order valence-electron chi connectivity index (χ2n) is 6.74. The minimum absolute atomic E-state index is 0.0197. The minimum Gasteiger partial charge on any atom is -0.355 e. The van der Waals surface area contributed by atoms with E-state index in [1.807, 2.05) is 0 Å². The first-order chi connectivity index (χ1) is 10.00. The van der Waals surface area contributed by atoms with Gasteiger partial charge in [0, 0.05) is 39.2 Å². The Hall–Kier alpha value is -1.35. The highest BCUT2D eigenvalue weighted by molar-refractivity contribution is 9.10. The van der Waals surface area contributed by atoms with Crippen molar-refractivity contribution in [1.82, 2.24) is 4.98 Å². The maximum Gasteiger partial charge on any atom is 0.0471 e. The molecule has 4 rings (SSSR count). The number of aliphatic imine (C=N–C) groups is 1. The Morgan fingerprint density at radius 3 is 2.95 bits per heavy atom. The van der Waals surface area contributed by atoms with E-state index in [1.54, 1.807) is 0 Å². The van der Waals surface area contributed by atoms with Crippen molar-refractivity contribution in [2.75, 3.05) is 6.54 Å². The van der Waals surface area contributed by atoms with Gasteiger partial charge in [-0.15, -0.1) is 0 Å². The van der Waals surface area contributed by atoms with Crippen LogP contribution in [-0.4, -0.2) is 17.7 Å². The highest BCUT2D eigenvalue weighted by atomic mass is 79.9. The summed E-state index contributed by atoms with van der Waals surface area (Å²) in [5.41, 5.74) is 6.90. The van der Waals surface area contributed by atoms with Crippen molar-refractivity contribution >= 4 is 38.6 Å². The number of fused-ring (bicyclic) bond motifs is 4. The zero-order valence-corrected chi connectivity index (χ0v) is 14.2. The zero-order valence-electron chi connectivity index (χ0n) is 12.6. The highest BCUT2D eigenvalue weighted by Crippen LogP contribution is 2.52. The molecular formula is C18H19BrN2. The van der Waals surface area contributed by atoms with Gasteiger partial charge in [-0.25, -0.2) is 0 Å². The third-order valence-electron chi connectivity index (χ3n) is 5.02. The molecule has 0 amide bonds. The molecule has 1 atom stereocenters. The topological polar surface area (TPSA) is 28.1 Å². The quantitative estimate of drug-likeness (QED) is 0.691. The van der Waals surface area contributed by atoms with Gasteiger partial charge >= 0.3 is 0 Å². The van der Waals surface area contributed by atoms with Crippen LogP contribution in [0.5, 0.6) is 0 Å². The first kappa shape index (κ1) is 13.3. The molecule has 21 heavy (non-hydrogen) atoms. The summed E-state index contributed by atoms with van der Waals surface area (Å²) >= 11 is 3.61. The van der Waals surface area contributed by atoms with Crippen LogP contribution in [0.4, 0.5) is 0 Å². The number of halogens is 1. The Bertz CT molecular complexity index is 808. The van der Waals surface area contributed by atoms with E-state index in [0.717, 1.165) is 17.4 Å². The molecule has 1 aromatic heterocycles. The molecular weight excluding hydrogens is 324 g/mol. The molecule has 0 fully saturated rings. The average Bonchev–Trinajstić information content (AvgIpc) is 2.80. The Morgan fingerprint density at radius 2 is 2.14 bits per heavy atom. The number of hydrogen-bond acceptors (Lipinski definition) is 1. The second kappa shape index (κ2) is 4.33. The summed E-state index contributed by atoms with van der Waals surface area (Å²) in [5, 5.41) is 1.33. The van der Waals surface area contributed by atoms with Gasteiger partial charge in [0.2, 0.25) is 0 Å². The van der Waals surface area contributed by atoms with Gasteiger partial charge in [0.05, 0.1) is 0 Å². The lowest BCUT2D eigenvalue weighted by Gasteiger charge is -2.22. The van der Waals surface area contributed by atoms with Crippen molar-refractivity contribution in [1.29, 1.82) is 0 Å². The zero-order chi connectivity index (χ0) is 14.8. The van der Waals surface area contributed by atoms with Gasteiger partial charge in [0.25, 0.3) is 0 Å². The lowest BCUT2D eigenvalue weighted by molar-refractivity contribution is 0.665. The predicted octanol–water partition coefficient (Wildman–Crippen LogP) is 5.09. The van der Waals surface area contributed by atoms with E-state index < -0.39 is 0 Å². The van der Waals surface area contributed by atoms with Gasteiger partial charge in [-0.2, -0.15) is 0 Å². The SMILES string of the molecule is CC1CCN=CC2=C1c1[nH]c3ccc(Br)cc3c1C2(C)C. The van der Waals surface area contributed by atoms with Gasteiger partial charge in [-0.1, -0.05) is 36.7 Å². The minimum atomic E-state index is 0.0197. The van der Waals surface area contributed by atoms with Crippen LogP contribution in [-0.2, 0) is 5.41 Å². The van der Waals surface area contributed by atoms with Crippen LogP contribution >= 0.6 is 15.9 Å². The molecule has 1 unspecified atom stereocenters. The van der Waals surface area contributed by atoms with Crippen LogP contribution < -0.4 is 0 Å². The van der Waals surface area contributed by atoms with Crippen molar-refractivity contribution < 1.29 is 0 Å². The lowest BCUT2D eigenvalue weighted by Crippen LogP contribution is -2.18. The summed E-state index contributed by atoms with van der Waals surface area (Å²) in [4.78, 5) is 8.29. The third kappa shape index (κ3) is 1.73. The summed E-state index contributed by atoms with van der Waals surface area (Å²) in [6.07, 6.45) is 3.25. The number of hydrogen-bond donors (Lipinski definition) is 1. The molecule has 1 aromatic carbocycles. The van der Waals surface area contributed by atoms with Gasteiger partial charge in [-0.05, 0) is 47.2 Å². The molecule has 0 spiro atoms. The number of rotatable bonds is 0.